The van der Waals surface area contributed by atoms with Crippen molar-refractivity contribution >= 4 is 42.9 Å². The molecule has 2 aromatic carbocycles. The van der Waals surface area contributed by atoms with Crippen LogP contribution in [0.3, 0.4) is 0 Å². The number of nitrogen functional groups attached to an aromatic ring is 1. The second kappa shape index (κ2) is 4.14. The first-order valence-electron chi connectivity index (χ1n) is 6.79. The maximum Gasteiger partial charge on any atom is 0.0609 e. The van der Waals surface area contributed by atoms with Crippen LogP contribution in [0.4, 0.5) is 11.4 Å². The minimum Gasteiger partial charge on any atom is -0.398 e. The van der Waals surface area contributed by atoms with E-state index in [9.17, 15) is 0 Å². The normalized spacial score (nSPS) is 15.7. The summed E-state index contributed by atoms with van der Waals surface area (Å²) >= 11 is 1.87. The highest BCUT2D eigenvalue weighted by molar-refractivity contribution is 7.26. The third kappa shape index (κ3) is 1.61. The van der Waals surface area contributed by atoms with E-state index in [1.165, 1.54) is 51.8 Å². The summed E-state index contributed by atoms with van der Waals surface area (Å²) < 4.78 is 2.68. The summed E-state index contributed by atoms with van der Waals surface area (Å²) in [6.45, 7) is 2.35. The number of nitrogens with two attached hydrogens (primary N) is 1. The van der Waals surface area contributed by atoms with Crippen LogP contribution in [0.2, 0.25) is 0 Å². The quantitative estimate of drug-likeness (QED) is 0.669. The SMILES string of the molecule is Nc1ccc(N2CCCC2)c2sc3ccccc3c12. The van der Waals surface area contributed by atoms with Crippen LogP contribution in [0.1, 0.15) is 12.8 Å². The predicted molar refractivity (Wildman–Crippen MR) is 85.2 cm³/mol. The second-order valence-corrected chi connectivity index (χ2v) is 6.22. The molecule has 4 rings (SSSR count). The van der Waals surface area contributed by atoms with Gasteiger partial charge in [0.1, 0.15) is 0 Å². The lowest BCUT2D eigenvalue weighted by Gasteiger charge is -2.18. The topological polar surface area (TPSA) is 29.3 Å². The van der Waals surface area contributed by atoms with E-state index in [2.05, 4.69) is 41.3 Å². The summed E-state index contributed by atoms with van der Waals surface area (Å²) in [5, 5.41) is 2.53. The minimum absolute atomic E-state index is 0.899. The number of benzene rings is 2. The molecule has 2 nitrogen and oxygen atoms in total. The largest absolute Gasteiger partial charge is 0.398 e. The molecule has 1 aromatic heterocycles. The maximum atomic E-state index is 6.22. The van der Waals surface area contributed by atoms with Gasteiger partial charge < -0.3 is 10.6 Å². The van der Waals surface area contributed by atoms with E-state index < -0.39 is 0 Å². The fourth-order valence-electron chi connectivity index (χ4n) is 3.05. The standard InChI is InChI=1S/C16H16N2S/c17-12-7-8-13(18-9-3-4-10-18)16-15(12)11-5-1-2-6-14(11)19-16/h1-2,5-8H,3-4,9-10,17H2. The lowest BCUT2D eigenvalue weighted by molar-refractivity contribution is 0.949. The summed E-state index contributed by atoms with van der Waals surface area (Å²) in [5.74, 6) is 0. The van der Waals surface area contributed by atoms with Gasteiger partial charge in [-0.1, -0.05) is 18.2 Å². The molecule has 1 fully saturated rings. The molecule has 0 atom stereocenters. The molecule has 0 radical (unpaired) electrons. The zero-order valence-electron chi connectivity index (χ0n) is 10.7. The smallest absolute Gasteiger partial charge is 0.0609 e. The molecule has 96 valence electrons. The van der Waals surface area contributed by atoms with Gasteiger partial charge >= 0.3 is 0 Å². The Labute approximate surface area is 116 Å². The van der Waals surface area contributed by atoms with Crippen molar-refractivity contribution < 1.29 is 0 Å². The molecular weight excluding hydrogens is 252 g/mol. The average molecular weight is 268 g/mol. The molecule has 3 aromatic rings. The van der Waals surface area contributed by atoms with Crippen molar-refractivity contribution in [3.63, 3.8) is 0 Å². The minimum atomic E-state index is 0.899. The van der Waals surface area contributed by atoms with Crippen LogP contribution in [0, 0.1) is 0 Å². The molecule has 2 heterocycles. The Balaban J connectivity index is 2.07. The molecule has 3 heteroatoms. The van der Waals surface area contributed by atoms with Gasteiger partial charge in [-0.15, -0.1) is 11.3 Å². The Morgan fingerprint density at radius 2 is 1.79 bits per heavy atom. The molecule has 1 aliphatic rings. The summed E-state index contributed by atoms with van der Waals surface area (Å²) in [6, 6.07) is 12.8. The molecule has 0 amide bonds. The lowest BCUT2D eigenvalue weighted by Crippen LogP contribution is -2.17. The van der Waals surface area contributed by atoms with E-state index in [1.54, 1.807) is 0 Å². The molecule has 0 aliphatic carbocycles. The van der Waals surface area contributed by atoms with E-state index in [0.29, 0.717) is 0 Å². The summed E-state index contributed by atoms with van der Waals surface area (Å²) in [6.07, 6.45) is 2.60. The van der Waals surface area contributed by atoms with Gasteiger partial charge in [-0.05, 0) is 31.0 Å². The van der Waals surface area contributed by atoms with E-state index in [-0.39, 0.29) is 0 Å². The zero-order chi connectivity index (χ0) is 12.8. The van der Waals surface area contributed by atoms with Crippen LogP contribution in [-0.2, 0) is 0 Å². The third-order valence-corrected chi connectivity index (χ3v) is 5.18. The van der Waals surface area contributed by atoms with E-state index >= 15 is 0 Å². The van der Waals surface area contributed by atoms with Crippen LogP contribution in [-0.4, -0.2) is 13.1 Å². The van der Waals surface area contributed by atoms with Crippen molar-refractivity contribution in [2.24, 2.45) is 0 Å². The molecule has 19 heavy (non-hydrogen) atoms. The van der Waals surface area contributed by atoms with Crippen LogP contribution in [0.5, 0.6) is 0 Å². The highest BCUT2D eigenvalue weighted by Crippen LogP contribution is 2.43. The van der Waals surface area contributed by atoms with Crippen LogP contribution in [0.15, 0.2) is 36.4 Å². The first kappa shape index (κ1) is 11.1. The van der Waals surface area contributed by atoms with Crippen molar-refractivity contribution in [3.8, 4) is 0 Å². The summed E-state index contributed by atoms with van der Waals surface area (Å²) in [7, 11) is 0. The molecule has 2 N–H and O–H groups in total. The summed E-state index contributed by atoms with van der Waals surface area (Å²) in [5.41, 5.74) is 8.48. The Bertz CT molecular complexity index is 754. The van der Waals surface area contributed by atoms with Gasteiger partial charge in [-0.3, -0.25) is 0 Å². The van der Waals surface area contributed by atoms with E-state index in [0.717, 1.165) is 5.69 Å². The number of rotatable bonds is 1. The Kier molecular flexibility index (Phi) is 2.42. The molecule has 1 aliphatic heterocycles. The Morgan fingerprint density at radius 1 is 1.00 bits per heavy atom. The van der Waals surface area contributed by atoms with Gasteiger partial charge in [0.2, 0.25) is 0 Å². The maximum absolute atomic E-state index is 6.22. The number of anilines is 2. The van der Waals surface area contributed by atoms with E-state index in [4.69, 9.17) is 5.73 Å². The molecular formula is C16H16N2S. The number of thiophene rings is 1. The first-order chi connectivity index (χ1) is 9.34. The van der Waals surface area contributed by atoms with Gasteiger partial charge in [0.15, 0.2) is 0 Å². The fraction of sp³-hybridized carbons (Fsp3) is 0.250. The average Bonchev–Trinajstić information content (AvgIpc) is 3.06. The van der Waals surface area contributed by atoms with Crippen molar-refractivity contribution in [2.75, 3.05) is 23.7 Å². The van der Waals surface area contributed by atoms with E-state index in [1.807, 2.05) is 11.3 Å². The third-order valence-electron chi connectivity index (χ3n) is 3.98. The highest BCUT2D eigenvalue weighted by atomic mass is 32.1. The van der Waals surface area contributed by atoms with Gasteiger partial charge in [0.25, 0.3) is 0 Å². The number of hydrogen-bond acceptors (Lipinski definition) is 3. The zero-order valence-corrected chi connectivity index (χ0v) is 11.5. The van der Waals surface area contributed by atoms with Crippen molar-refractivity contribution in [2.45, 2.75) is 12.8 Å². The Hall–Kier alpha value is -1.74. The number of fused-ring (bicyclic) bond motifs is 3. The number of nitrogens with zero attached hydrogens (tertiary/aromatic N) is 1. The molecule has 1 saturated heterocycles. The fourth-order valence-corrected chi connectivity index (χ4v) is 4.33. The van der Waals surface area contributed by atoms with Crippen LogP contribution in [0.25, 0.3) is 20.2 Å². The van der Waals surface area contributed by atoms with Gasteiger partial charge in [0, 0.05) is 34.2 Å². The highest BCUT2D eigenvalue weighted by Gasteiger charge is 2.18. The summed E-state index contributed by atoms with van der Waals surface area (Å²) in [4.78, 5) is 2.50. The number of hydrogen-bond donors (Lipinski definition) is 1. The van der Waals surface area contributed by atoms with Gasteiger partial charge in [-0.25, -0.2) is 0 Å². The monoisotopic (exact) mass is 268 g/mol. The van der Waals surface area contributed by atoms with Crippen molar-refractivity contribution in [1.82, 2.24) is 0 Å². The molecule has 0 spiro atoms. The van der Waals surface area contributed by atoms with Crippen LogP contribution >= 0.6 is 11.3 Å². The van der Waals surface area contributed by atoms with Crippen LogP contribution < -0.4 is 10.6 Å². The Morgan fingerprint density at radius 3 is 2.63 bits per heavy atom. The van der Waals surface area contributed by atoms with Gasteiger partial charge in [-0.2, -0.15) is 0 Å². The van der Waals surface area contributed by atoms with Gasteiger partial charge in [0.05, 0.1) is 10.4 Å². The lowest BCUT2D eigenvalue weighted by atomic mass is 10.1. The van der Waals surface area contributed by atoms with Crippen molar-refractivity contribution in [1.29, 1.82) is 0 Å². The second-order valence-electron chi connectivity index (χ2n) is 5.17. The molecule has 0 bridgehead atoms. The molecule has 0 unspecified atom stereocenters. The first-order valence-corrected chi connectivity index (χ1v) is 7.61. The molecule has 0 saturated carbocycles. The predicted octanol–water partition coefficient (Wildman–Crippen LogP) is 4.24. The van der Waals surface area contributed by atoms with Crippen molar-refractivity contribution in [3.05, 3.63) is 36.4 Å².